The summed E-state index contributed by atoms with van der Waals surface area (Å²) in [5, 5.41) is 10.4. The lowest BCUT2D eigenvalue weighted by Gasteiger charge is -2.27. The largest absolute Gasteiger partial charge is 0.469 e. The Balaban J connectivity index is 0.00000320. The van der Waals surface area contributed by atoms with E-state index in [0.29, 0.717) is 42.5 Å². The van der Waals surface area contributed by atoms with E-state index in [9.17, 15) is 14.4 Å². The number of amides is 1. The van der Waals surface area contributed by atoms with Crippen molar-refractivity contribution >= 4 is 30.1 Å². The highest BCUT2D eigenvalue weighted by atomic mass is 35.5. The molecule has 160 valence electrons. The second-order valence-corrected chi connectivity index (χ2v) is 7.13. The molecule has 1 amide bonds. The zero-order chi connectivity index (χ0) is 21.0. The van der Waals surface area contributed by atoms with Gasteiger partial charge in [-0.1, -0.05) is 0 Å². The van der Waals surface area contributed by atoms with E-state index >= 15 is 0 Å². The van der Waals surface area contributed by atoms with Crippen molar-refractivity contribution in [3.8, 4) is 5.69 Å². The van der Waals surface area contributed by atoms with Gasteiger partial charge in [0.05, 0.1) is 18.6 Å². The van der Waals surface area contributed by atoms with Gasteiger partial charge in [0.2, 0.25) is 0 Å². The minimum atomic E-state index is -0.268. The Morgan fingerprint density at radius 3 is 2.23 bits per heavy atom. The van der Waals surface area contributed by atoms with Crippen LogP contribution in [-0.2, 0) is 9.53 Å². The van der Waals surface area contributed by atoms with Crippen molar-refractivity contribution in [2.75, 3.05) is 7.11 Å². The van der Waals surface area contributed by atoms with Crippen molar-refractivity contribution in [1.82, 2.24) is 9.88 Å². The van der Waals surface area contributed by atoms with E-state index in [-0.39, 0.29) is 47.6 Å². The molecule has 0 bridgehead atoms. The third kappa shape index (κ3) is 5.27. The minimum Gasteiger partial charge on any atom is -0.469 e. The SMILES string of the molecule is COC(=O)C1CCC(NC(=O)c2ccc(=O)n(-c3ccc(C(=N)N)cc3)c2)CC1.Cl. The maximum absolute atomic E-state index is 12.7. The number of carbonyl (C=O) groups excluding carboxylic acids is 2. The molecule has 9 heteroatoms. The molecule has 1 aliphatic carbocycles. The Labute approximate surface area is 180 Å². The Morgan fingerprint density at radius 1 is 1.07 bits per heavy atom. The number of hydrogen-bond acceptors (Lipinski definition) is 5. The number of nitrogen functional groups attached to an aromatic ring is 1. The number of carbonyl (C=O) groups is 2. The molecule has 0 spiro atoms. The van der Waals surface area contributed by atoms with Crippen LogP contribution >= 0.6 is 12.4 Å². The molecule has 0 aliphatic heterocycles. The van der Waals surface area contributed by atoms with Gasteiger partial charge in [-0.05, 0) is 56.0 Å². The van der Waals surface area contributed by atoms with Crippen LogP contribution in [-0.4, -0.2) is 35.4 Å². The van der Waals surface area contributed by atoms with E-state index in [1.54, 1.807) is 24.3 Å². The number of nitrogens with one attached hydrogen (secondary N) is 2. The van der Waals surface area contributed by atoms with Crippen LogP contribution in [0.5, 0.6) is 0 Å². The van der Waals surface area contributed by atoms with Crippen LogP contribution in [0.3, 0.4) is 0 Å². The van der Waals surface area contributed by atoms with E-state index in [4.69, 9.17) is 15.9 Å². The quantitative estimate of drug-likeness (QED) is 0.378. The van der Waals surface area contributed by atoms with Gasteiger partial charge in [0.15, 0.2) is 0 Å². The van der Waals surface area contributed by atoms with Gasteiger partial charge in [0, 0.05) is 29.6 Å². The summed E-state index contributed by atoms with van der Waals surface area (Å²) in [6, 6.07) is 9.48. The highest BCUT2D eigenvalue weighted by Gasteiger charge is 2.27. The molecule has 4 N–H and O–H groups in total. The van der Waals surface area contributed by atoms with Gasteiger partial charge in [-0.3, -0.25) is 24.4 Å². The zero-order valence-electron chi connectivity index (χ0n) is 16.6. The van der Waals surface area contributed by atoms with E-state index in [0.717, 1.165) is 0 Å². The molecule has 2 aromatic rings. The average molecular weight is 433 g/mol. The van der Waals surface area contributed by atoms with Gasteiger partial charge < -0.3 is 15.8 Å². The Morgan fingerprint density at radius 2 is 1.67 bits per heavy atom. The van der Waals surface area contributed by atoms with Crippen molar-refractivity contribution in [2.24, 2.45) is 11.7 Å². The smallest absolute Gasteiger partial charge is 0.308 e. The fourth-order valence-electron chi connectivity index (χ4n) is 3.53. The van der Waals surface area contributed by atoms with Crippen LogP contribution < -0.4 is 16.6 Å². The molecule has 0 radical (unpaired) electrons. The van der Waals surface area contributed by atoms with Crippen LogP contribution in [0.2, 0.25) is 0 Å². The fraction of sp³-hybridized carbons (Fsp3) is 0.333. The lowest BCUT2D eigenvalue weighted by atomic mass is 9.86. The van der Waals surface area contributed by atoms with Gasteiger partial charge in [0.25, 0.3) is 11.5 Å². The molecule has 0 atom stereocenters. The first-order valence-corrected chi connectivity index (χ1v) is 9.45. The number of nitrogens with two attached hydrogens (primary N) is 1. The predicted octanol–water partition coefficient (Wildman–Crippen LogP) is 2.00. The number of amidine groups is 1. The van der Waals surface area contributed by atoms with Gasteiger partial charge in [-0.15, -0.1) is 12.4 Å². The molecular weight excluding hydrogens is 408 g/mol. The number of benzene rings is 1. The van der Waals surface area contributed by atoms with Crippen LogP contribution in [0.15, 0.2) is 47.4 Å². The number of nitrogens with zero attached hydrogens (tertiary/aromatic N) is 1. The van der Waals surface area contributed by atoms with Crippen molar-refractivity contribution in [2.45, 2.75) is 31.7 Å². The second-order valence-electron chi connectivity index (χ2n) is 7.13. The first-order valence-electron chi connectivity index (χ1n) is 9.45. The maximum atomic E-state index is 12.7. The van der Waals surface area contributed by atoms with Crippen LogP contribution in [0, 0.1) is 11.3 Å². The molecule has 1 fully saturated rings. The molecular formula is C21H25ClN4O4. The van der Waals surface area contributed by atoms with Crippen LogP contribution in [0.4, 0.5) is 0 Å². The molecule has 30 heavy (non-hydrogen) atoms. The zero-order valence-corrected chi connectivity index (χ0v) is 17.4. The van der Waals surface area contributed by atoms with Gasteiger partial charge in [-0.25, -0.2) is 0 Å². The molecule has 1 aromatic heterocycles. The third-order valence-corrected chi connectivity index (χ3v) is 5.23. The summed E-state index contributed by atoms with van der Waals surface area (Å²) in [5.41, 5.74) is 6.69. The standard InChI is InChI=1S/C21H24N4O4.ClH/c1-29-21(28)14-2-7-16(8-3-14)24-20(27)15-6-11-18(26)25(12-15)17-9-4-13(5-10-17)19(22)23;/h4-6,9-12,14,16H,2-3,7-8H2,1H3,(H3,22,23)(H,24,27);1H. The summed E-state index contributed by atoms with van der Waals surface area (Å²) in [5.74, 6) is -0.620. The summed E-state index contributed by atoms with van der Waals surface area (Å²) in [4.78, 5) is 36.5. The second kappa shape index (κ2) is 10.1. The van der Waals surface area contributed by atoms with E-state index in [1.807, 2.05) is 0 Å². The molecule has 1 aromatic carbocycles. The molecule has 1 aliphatic rings. The van der Waals surface area contributed by atoms with E-state index in [1.165, 1.54) is 30.0 Å². The van der Waals surface area contributed by atoms with Crippen molar-refractivity contribution in [3.63, 3.8) is 0 Å². The van der Waals surface area contributed by atoms with Gasteiger partial charge in [-0.2, -0.15) is 0 Å². The average Bonchev–Trinajstić information content (AvgIpc) is 2.74. The van der Waals surface area contributed by atoms with Crippen molar-refractivity contribution < 1.29 is 14.3 Å². The first kappa shape index (κ1) is 23.2. The summed E-state index contributed by atoms with van der Waals surface area (Å²) < 4.78 is 6.17. The summed E-state index contributed by atoms with van der Waals surface area (Å²) in [6.07, 6.45) is 4.27. The summed E-state index contributed by atoms with van der Waals surface area (Å²) in [6.45, 7) is 0. The summed E-state index contributed by atoms with van der Waals surface area (Å²) >= 11 is 0. The number of aromatic nitrogens is 1. The predicted molar refractivity (Wildman–Crippen MR) is 116 cm³/mol. The Hall–Kier alpha value is -3.13. The molecule has 3 rings (SSSR count). The topological polar surface area (TPSA) is 127 Å². The monoisotopic (exact) mass is 432 g/mol. The van der Waals surface area contributed by atoms with E-state index < -0.39 is 0 Å². The minimum absolute atomic E-state index is 0. The number of pyridine rings is 1. The lowest BCUT2D eigenvalue weighted by molar-refractivity contribution is -0.146. The van der Waals surface area contributed by atoms with Crippen molar-refractivity contribution in [1.29, 1.82) is 5.41 Å². The Bertz CT molecular complexity index is 979. The Kier molecular flexibility index (Phi) is 7.77. The van der Waals surface area contributed by atoms with Crippen LogP contribution in [0.25, 0.3) is 5.69 Å². The normalized spacial score (nSPS) is 18.0. The fourth-order valence-corrected chi connectivity index (χ4v) is 3.53. The highest BCUT2D eigenvalue weighted by Crippen LogP contribution is 2.25. The number of rotatable bonds is 5. The third-order valence-electron chi connectivity index (χ3n) is 5.23. The molecule has 1 heterocycles. The molecule has 8 nitrogen and oxygen atoms in total. The molecule has 0 saturated heterocycles. The number of esters is 1. The summed E-state index contributed by atoms with van der Waals surface area (Å²) in [7, 11) is 1.39. The number of methoxy groups -OCH3 is 1. The maximum Gasteiger partial charge on any atom is 0.308 e. The molecule has 0 unspecified atom stereocenters. The van der Waals surface area contributed by atoms with Crippen molar-refractivity contribution in [3.05, 3.63) is 64.1 Å². The lowest BCUT2D eigenvalue weighted by Crippen LogP contribution is -2.39. The molecule has 1 saturated carbocycles. The number of ether oxygens (including phenoxy) is 1. The number of hydrogen-bond donors (Lipinski definition) is 3. The van der Waals surface area contributed by atoms with Gasteiger partial charge in [0.1, 0.15) is 5.84 Å². The number of halogens is 1. The van der Waals surface area contributed by atoms with Crippen LogP contribution in [0.1, 0.15) is 41.6 Å². The van der Waals surface area contributed by atoms with E-state index in [2.05, 4.69) is 5.32 Å². The highest BCUT2D eigenvalue weighted by molar-refractivity contribution is 5.95. The van der Waals surface area contributed by atoms with Gasteiger partial charge >= 0.3 is 5.97 Å². The first-order chi connectivity index (χ1) is 13.9.